The van der Waals surface area contributed by atoms with Crippen molar-refractivity contribution in [3.63, 3.8) is 0 Å². The first-order valence-corrected chi connectivity index (χ1v) is 6.27. The first kappa shape index (κ1) is 13.8. The van der Waals surface area contributed by atoms with Crippen molar-refractivity contribution < 1.29 is 19.4 Å². The van der Waals surface area contributed by atoms with E-state index in [4.69, 9.17) is 5.11 Å². The third-order valence-corrected chi connectivity index (χ3v) is 3.27. The SMILES string of the molecule is O=C(O)c1cnn2c(O)c(Cc3ccc(F)cc3)c(=O)[nH]c12. The van der Waals surface area contributed by atoms with E-state index in [1.54, 1.807) is 0 Å². The molecule has 0 fully saturated rings. The number of hydrogen-bond donors (Lipinski definition) is 3. The van der Waals surface area contributed by atoms with E-state index in [0.717, 1.165) is 10.7 Å². The molecule has 2 heterocycles. The molecule has 7 nitrogen and oxygen atoms in total. The number of carboxylic acids is 1. The van der Waals surface area contributed by atoms with Crippen LogP contribution in [0.4, 0.5) is 4.39 Å². The average molecular weight is 303 g/mol. The first-order chi connectivity index (χ1) is 10.5. The second kappa shape index (κ2) is 4.99. The Hall–Kier alpha value is -3.16. The third-order valence-electron chi connectivity index (χ3n) is 3.27. The Kier molecular flexibility index (Phi) is 3.13. The number of aromatic amines is 1. The van der Waals surface area contributed by atoms with Crippen molar-refractivity contribution in [3.8, 4) is 5.88 Å². The van der Waals surface area contributed by atoms with Crippen LogP contribution in [-0.2, 0) is 6.42 Å². The van der Waals surface area contributed by atoms with E-state index in [2.05, 4.69) is 10.1 Å². The summed E-state index contributed by atoms with van der Waals surface area (Å²) in [5, 5.41) is 22.9. The molecule has 8 heteroatoms. The minimum atomic E-state index is -1.27. The van der Waals surface area contributed by atoms with Gasteiger partial charge in [-0.2, -0.15) is 9.61 Å². The highest BCUT2D eigenvalue weighted by Gasteiger charge is 2.18. The second-order valence-electron chi connectivity index (χ2n) is 4.68. The standard InChI is InChI=1S/C14H10FN3O4/c15-8-3-1-7(2-4-8)5-9-12(19)17-11-10(14(21)22)6-16-18(11)13(9)20/h1-4,6,20H,5H2,(H,17,19)(H,21,22). The van der Waals surface area contributed by atoms with Gasteiger partial charge in [0.15, 0.2) is 5.65 Å². The maximum absolute atomic E-state index is 12.9. The molecule has 0 saturated heterocycles. The first-order valence-electron chi connectivity index (χ1n) is 6.27. The van der Waals surface area contributed by atoms with Gasteiger partial charge in [0.1, 0.15) is 11.4 Å². The third kappa shape index (κ3) is 2.20. The topological polar surface area (TPSA) is 108 Å². The number of benzene rings is 1. The number of nitrogens with zero attached hydrogens (tertiary/aromatic N) is 2. The van der Waals surface area contributed by atoms with Crippen molar-refractivity contribution >= 4 is 11.6 Å². The molecule has 3 aromatic rings. The van der Waals surface area contributed by atoms with E-state index >= 15 is 0 Å². The van der Waals surface area contributed by atoms with Crippen molar-refractivity contribution in [2.75, 3.05) is 0 Å². The zero-order chi connectivity index (χ0) is 15.9. The van der Waals surface area contributed by atoms with Crippen LogP contribution in [0.3, 0.4) is 0 Å². The number of hydrogen-bond acceptors (Lipinski definition) is 4. The Morgan fingerprint density at radius 1 is 1.32 bits per heavy atom. The molecule has 0 bridgehead atoms. The van der Waals surface area contributed by atoms with Gasteiger partial charge in [-0.15, -0.1) is 0 Å². The van der Waals surface area contributed by atoms with Crippen molar-refractivity contribution in [1.29, 1.82) is 0 Å². The number of nitrogens with one attached hydrogen (secondary N) is 1. The van der Waals surface area contributed by atoms with Crippen LogP contribution < -0.4 is 5.56 Å². The zero-order valence-electron chi connectivity index (χ0n) is 11.1. The highest BCUT2D eigenvalue weighted by molar-refractivity contribution is 5.94. The molecule has 0 aliphatic carbocycles. The van der Waals surface area contributed by atoms with Gasteiger partial charge in [0, 0.05) is 6.42 Å². The summed E-state index contributed by atoms with van der Waals surface area (Å²) in [6.45, 7) is 0. The van der Waals surface area contributed by atoms with Crippen molar-refractivity contribution in [1.82, 2.24) is 14.6 Å². The highest BCUT2D eigenvalue weighted by Crippen LogP contribution is 2.19. The molecule has 0 atom stereocenters. The van der Waals surface area contributed by atoms with E-state index in [0.29, 0.717) is 5.56 Å². The number of halogens is 1. The summed E-state index contributed by atoms with van der Waals surface area (Å²) in [4.78, 5) is 25.5. The van der Waals surface area contributed by atoms with Crippen molar-refractivity contribution in [2.24, 2.45) is 0 Å². The summed E-state index contributed by atoms with van der Waals surface area (Å²) >= 11 is 0. The van der Waals surface area contributed by atoms with Gasteiger partial charge in [-0.25, -0.2) is 9.18 Å². The smallest absolute Gasteiger partial charge is 0.341 e. The van der Waals surface area contributed by atoms with Crippen LogP contribution in [0.2, 0.25) is 0 Å². The van der Waals surface area contributed by atoms with Gasteiger partial charge in [0.2, 0.25) is 5.88 Å². The molecule has 2 aromatic heterocycles. The van der Waals surface area contributed by atoms with Gasteiger partial charge in [-0.05, 0) is 17.7 Å². The van der Waals surface area contributed by atoms with E-state index in [1.807, 2.05) is 0 Å². The quantitative estimate of drug-likeness (QED) is 0.673. The normalized spacial score (nSPS) is 11.0. The molecule has 1 aromatic carbocycles. The zero-order valence-corrected chi connectivity index (χ0v) is 11.1. The molecule has 0 radical (unpaired) electrons. The highest BCUT2D eigenvalue weighted by atomic mass is 19.1. The predicted molar refractivity (Wildman–Crippen MR) is 73.6 cm³/mol. The molecule has 0 saturated carbocycles. The molecule has 0 amide bonds. The Morgan fingerprint density at radius 2 is 2.00 bits per heavy atom. The fraction of sp³-hybridized carbons (Fsp3) is 0.0714. The molecule has 22 heavy (non-hydrogen) atoms. The maximum Gasteiger partial charge on any atom is 0.341 e. The van der Waals surface area contributed by atoms with Crippen molar-refractivity contribution in [2.45, 2.75) is 6.42 Å². The Labute approximate surface area is 122 Å². The summed E-state index contributed by atoms with van der Waals surface area (Å²) in [5.74, 6) is -2.12. The summed E-state index contributed by atoms with van der Waals surface area (Å²) < 4.78 is 13.8. The number of fused-ring (bicyclic) bond motifs is 1. The number of rotatable bonds is 3. The number of H-pyrrole nitrogens is 1. The van der Waals surface area contributed by atoms with E-state index < -0.39 is 23.2 Å². The number of carbonyl (C=O) groups is 1. The predicted octanol–water partition coefficient (Wildman–Crippen LogP) is 1.16. The maximum atomic E-state index is 12.9. The summed E-state index contributed by atoms with van der Waals surface area (Å²) in [6, 6.07) is 5.47. The summed E-state index contributed by atoms with van der Waals surface area (Å²) in [5.41, 5.74) is -0.317. The van der Waals surface area contributed by atoms with Gasteiger partial charge in [0.25, 0.3) is 5.56 Å². The molecule has 3 N–H and O–H groups in total. The van der Waals surface area contributed by atoms with Crippen LogP contribution in [0, 0.1) is 5.82 Å². The lowest BCUT2D eigenvalue weighted by Crippen LogP contribution is -2.17. The molecule has 0 aliphatic rings. The van der Waals surface area contributed by atoms with Crippen LogP contribution in [0.1, 0.15) is 21.5 Å². The second-order valence-corrected chi connectivity index (χ2v) is 4.68. The molecule has 0 unspecified atom stereocenters. The van der Waals surface area contributed by atoms with Crippen LogP contribution in [0.15, 0.2) is 35.3 Å². The lowest BCUT2D eigenvalue weighted by molar-refractivity contribution is 0.0698. The van der Waals surface area contributed by atoms with Crippen molar-refractivity contribution in [3.05, 3.63) is 63.3 Å². The molecule has 0 aliphatic heterocycles. The minimum absolute atomic E-state index is 0.0131. The Morgan fingerprint density at radius 3 is 2.64 bits per heavy atom. The largest absolute Gasteiger partial charge is 0.493 e. The fourth-order valence-corrected chi connectivity index (χ4v) is 2.16. The average Bonchev–Trinajstić information content (AvgIpc) is 2.89. The van der Waals surface area contributed by atoms with Gasteiger partial charge in [0.05, 0.1) is 11.8 Å². The number of aromatic carboxylic acids is 1. The summed E-state index contributed by atoms with van der Waals surface area (Å²) in [7, 11) is 0. The minimum Gasteiger partial charge on any atom is -0.493 e. The molecule has 0 spiro atoms. The van der Waals surface area contributed by atoms with E-state index in [9.17, 15) is 19.1 Å². The van der Waals surface area contributed by atoms with Gasteiger partial charge in [-0.1, -0.05) is 12.1 Å². The lowest BCUT2D eigenvalue weighted by Gasteiger charge is -2.06. The van der Waals surface area contributed by atoms with Crippen LogP contribution in [-0.4, -0.2) is 30.8 Å². The lowest BCUT2D eigenvalue weighted by atomic mass is 10.1. The monoisotopic (exact) mass is 303 g/mol. The molecule has 3 rings (SSSR count). The van der Waals surface area contributed by atoms with Crippen LogP contribution in [0.25, 0.3) is 5.65 Å². The summed E-state index contributed by atoms with van der Waals surface area (Å²) in [6.07, 6.45) is 1.09. The van der Waals surface area contributed by atoms with Crippen LogP contribution >= 0.6 is 0 Å². The fourth-order valence-electron chi connectivity index (χ4n) is 2.16. The van der Waals surface area contributed by atoms with Gasteiger partial charge >= 0.3 is 5.97 Å². The van der Waals surface area contributed by atoms with E-state index in [1.165, 1.54) is 24.3 Å². The number of carboxylic acid groups (broad SMARTS) is 1. The number of aromatic nitrogens is 3. The molecular weight excluding hydrogens is 293 g/mol. The van der Waals surface area contributed by atoms with Gasteiger partial charge < -0.3 is 15.2 Å². The molecule has 112 valence electrons. The van der Waals surface area contributed by atoms with Crippen LogP contribution in [0.5, 0.6) is 5.88 Å². The molecular formula is C14H10FN3O4. The van der Waals surface area contributed by atoms with E-state index in [-0.39, 0.29) is 23.2 Å². The van der Waals surface area contributed by atoms with Gasteiger partial charge in [-0.3, -0.25) is 4.79 Å². The Bertz CT molecular complexity index is 928. The number of aromatic hydroxyl groups is 1. The Balaban J connectivity index is 2.13.